The number of cyclic esters (lactones) is 1. The maximum Gasteiger partial charge on any atom is 0.341 e. The summed E-state index contributed by atoms with van der Waals surface area (Å²) in [6, 6.07) is 8.05. The van der Waals surface area contributed by atoms with Crippen LogP contribution >= 0.6 is 31.9 Å². The molecule has 3 N–H and O–H groups in total. The average molecular weight is 576 g/mol. The van der Waals surface area contributed by atoms with Crippen LogP contribution in [0.4, 0.5) is 0 Å². The molecule has 3 aromatic carbocycles. The molecule has 0 amide bonds. The summed E-state index contributed by atoms with van der Waals surface area (Å²) in [5.41, 5.74) is 1.53. The summed E-state index contributed by atoms with van der Waals surface area (Å²) in [4.78, 5) is 25.1. The Labute approximate surface area is 207 Å². The van der Waals surface area contributed by atoms with Gasteiger partial charge in [0.2, 0.25) is 0 Å². The molecule has 0 radical (unpaired) electrons. The molecule has 0 atom stereocenters. The molecular formula is C25H20Br2O6. The number of carboxylic acids is 1. The van der Waals surface area contributed by atoms with Crippen LogP contribution in [0.2, 0.25) is 0 Å². The summed E-state index contributed by atoms with van der Waals surface area (Å²) in [7, 11) is 0. The van der Waals surface area contributed by atoms with Gasteiger partial charge in [0.15, 0.2) is 5.60 Å². The lowest BCUT2D eigenvalue weighted by atomic mass is 9.75. The van der Waals surface area contributed by atoms with Crippen LogP contribution < -0.4 is 0 Å². The maximum absolute atomic E-state index is 13.2. The Bertz CT molecular complexity index is 1310. The number of ether oxygens (including phenoxy) is 1. The van der Waals surface area contributed by atoms with Gasteiger partial charge in [0.25, 0.3) is 0 Å². The van der Waals surface area contributed by atoms with Crippen molar-refractivity contribution in [3.05, 3.63) is 89.3 Å². The highest BCUT2D eigenvalue weighted by Gasteiger charge is 2.52. The van der Waals surface area contributed by atoms with Gasteiger partial charge in [-0.1, -0.05) is 44.0 Å². The fraction of sp³-hybridized carbons (Fsp3) is 0.200. The summed E-state index contributed by atoms with van der Waals surface area (Å²) in [6.07, 6.45) is 0. The smallest absolute Gasteiger partial charge is 0.341 e. The summed E-state index contributed by atoms with van der Waals surface area (Å²) in [6.45, 7) is 6.91. The van der Waals surface area contributed by atoms with Crippen LogP contribution in [-0.4, -0.2) is 27.3 Å². The van der Waals surface area contributed by atoms with Crippen molar-refractivity contribution in [2.75, 3.05) is 0 Å². The van der Waals surface area contributed by atoms with Crippen molar-refractivity contribution >= 4 is 43.8 Å². The van der Waals surface area contributed by atoms with Crippen molar-refractivity contribution in [2.24, 2.45) is 0 Å². The molecule has 1 aliphatic rings. The number of phenols is 2. The zero-order chi connectivity index (χ0) is 24.4. The molecule has 0 aromatic heterocycles. The van der Waals surface area contributed by atoms with E-state index in [4.69, 9.17) is 4.74 Å². The Balaban J connectivity index is 2.25. The fourth-order valence-electron chi connectivity index (χ4n) is 4.50. The van der Waals surface area contributed by atoms with E-state index in [0.717, 1.165) is 0 Å². The Morgan fingerprint density at radius 2 is 1.33 bits per heavy atom. The third-order valence-corrected chi connectivity index (χ3v) is 8.02. The second-order valence-corrected chi connectivity index (χ2v) is 9.82. The van der Waals surface area contributed by atoms with Crippen LogP contribution in [0.3, 0.4) is 0 Å². The van der Waals surface area contributed by atoms with E-state index in [-0.39, 0.29) is 22.6 Å². The lowest BCUT2D eigenvalue weighted by Crippen LogP contribution is -2.32. The Kier molecular flexibility index (Phi) is 5.57. The first kappa shape index (κ1) is 23.3. The largest absolute Gasteiger partial charge is 0.507 e. The van der Waals surface area contributed by atoms with Crippen LogP contribution in [-0.2, 0) is 10.3 Å². The van der Waals surface area contributed by atoms with Gasteiger partial charge in [-0.15, -0.1) is 0 Å². The molecule has 4 rings (SSSR count). The first-order valence-electron chi connectivity index (χ1n) is 10.0. The van der Waals surface area contributed by atoms with E-state index in [1.54, 1.807) is 52.0 Å². The number of fused-ring (bicyclic) bond motifs is 1. The van der Waals surface area contributed by atoms with Gasteiger partial charge >= 0.3 is 11.9 Å². The number of carbonyl (C=O) groups is 2. The van der Waals surface area contributed by atoms with Crippen molar-refractivity contribution in [3.63, 3.8) is 0 Å². The van der Waals surface area contributed by atoms with Gasteiger partial charge in [-0.25, -0.2) is 9.59 Å². The van der Waals surface area contributed by atoms with Crippen molar-refractivity contribution in [1.29, 1.82) is 0 Å². The first-order valence-corrected chi connectivity index (χ1v) is 11.6. The van der Waals surface area contributed by atoms with Gasteiger partial charge in [0.05, 0.1) is 11.1 Å². The van der Waals surface area contributed by atoms with Crippen molar-refractivity contribution in [3.8, 4) is 11.5 Å². The average Bonchev–Trinajstić information content (AvgIpc) is 3.08. The minimum absolute atomic E-state index is 0.0192. The van der Waals surface area contributed by atoms with E-state index in [2.05, 4.69) is 31.9 Å². The zero-order valence-electron chi connectivity index (χ0n) is 18.2. The minimum Gasteiger partial charge on any atom is -0.507 e. The van der Waals surface area contributed by atoms with Crippen LogP contribution in [0.5, 0.6) is 11.5 Å². The quantitative estimate of drug-likeness (QED) is 0.330. The van der Waals surface area contributed by atoms with Gasteiger partial charge in [0.1, 0.15) is 11.5 Å². The number of aromatic carboxylic acids is 1. The van der Waals surface area contributed by atoms with E-state index < -0.39 is 17.5 Å². The van der Waals surface area contributed by atoms with Crippen molar-refractivity contribution in [1.82, 2.24) is 0 Å². The van der Waals surface area contributed by atoms with Gasteiger partial charge < -0.3 is 20.1 Å². The molecule has 0 fully saturated rings. The number of hydrogen-bond acceptors (Lipinski definition) is 5. The molecule has 33 heavy (non-hydrogen) atoms. The highest BCUT2D eigenvalue weighted by atomic mass is 79.9. The van der Waals surface area contributed by atoms with Crippen LogP contribution in [0.25, 0.3) is 0 Å². The molecular weight excluding hydrogens is 556 g/mol. The monoisotopic (exact) mass is 574 g/mol. The minimum atomic E-state index is -1.60. The topological polar surface area (TPSA) is 104 Å². The predicted molar refractivity (Wildman–Crippen MR) is 129 cm³/mol. The molecule has 3 aromatic rings. The number of halogens is 2. The summed E-state index contributed by atoms with van der Waals surface area (Å²) >= 11 is 6.95. The molecule has 0 saturated heterocycles. The van der Waals surface area contributed by atoms with Crippen molar-refractivity contribution < 1.29 is 29.6 Å². The van der Waals surface area contributed by atoms with Crippen molar-refractivity contribution in [2.45, 2.75) is 33.3 Å². The standard InChI is InChI=1S/C25H20Br2O6/c1-10-16(8-18(26)12(3)21(10)28)25(17-9-19(27)13(4)22(29)11(17)2)15-7-5-6-14(23(30)31)20(15)24(32)33-25/h5-9,28-29H,1-4H3,(H,30,31). The van der Waals surface area contributed by atoms with Gasteiger partial charge in [-0.3, -0.25) is 0 Å². The number of esters is 1. The molecule has 6 nitrogen and oxygen atoms in total. The maximum atomic E-state index is 13.2. The number of phenolic OH excluding ortho intramolecular Hbond substituents is 2. The fourth-order valence-corrected chi connectivity index (χ4v) is 5.33. The Morgan fingerprint density at radius 3 is 1.79 bits per heavy atom. The number of rotatable bonds is 3. The first-order chi connectivity index (χ1) is 15.4. The Morgan fingerprint density at radius 1 is 0.848 bits per heavy atom. The number of carboxylic acid groups (broad SMARTS) is 1. The lowest BCUT2D eigenvalue weighted by Gasteiger charge is -2.34. The number of aromatic hydroxyl groups is 2. The van der Waals surface area contributed by atoms with Gasteiger partial charge in [-0.2, -0.15) is 0 Å². The second-order valence-electron chi connectivity index (χ2n) is 8.11. The van der Waals surface area contributed by atoms with E-state index in [1.165, 1.54) is 6.07 Å². The summed E-state index contributed by atoms with van der Waals surface area (Å²) < 4.78 is 7.26. The van der Waals surface area contributed by atoms with E-state index in [9.17, 15) is 24.9 Å². The highest BCUT2D eigenvalue weighted by Crippen LogP contribution is 2.53. The predicted octanol–water partition coefficient (Wildman–Crippen LogP) is 6.02. The number of benzene rings is 3. The third kappa shape index (κ3) is 3.19. The molecule has 1 heterocycles. The molecule has 1 aliphatic heterocycles. The summed E-state index contributed by atoms with van der Waals surface area (Å²) in [5, 5.41) is 31.4. The van der Waals surface area contributed by atoms with E-state index >= 15 is 0 Å². The molecule has 0 spiro atoms. The van der Waals surface area contributed by atoms with Crippen LogP contribution in [0, 0.1) is 27.7 Å². The molecule has 8 heteroatoms. The molecule has 0 aliphatic carbocycles. The normalized spacial score (nSPS) is 14.2. The second kappa shape index (κ2) is 7.88. The number of hydrogen-bond donors (Lipinski definition) is 3. The number of carbonyl (C=O) groups excluding carboxylic acids is 1. The van der Waals surface area contributed by atoms with Crippen LogP contribution in [0.1, 0.15) is 59.7 Å². The van der Waals surface area contributed by atoms with Gasteiger partial charge in [-0.05, 0) is 57.0 Å². The highest BCUT2D eigenvalue weighted by molar-refractivity contribution is 9.10. The molecule has 170 valence electrons. The molecule has 0 saturated carbocycles. The Hall–Kier alpha value is -2.84. The van der Waals surface area contributed by atoms with Gasteiger partial charge in [0, 0.05) is 36.8 Å². The molecule has 0 bridgehead atoms. The van der Waals surface area contributed by atoms with E-state index in [1.807, 2.05) is 0 Å². The lowest BCUT2D eigenvalue weighted by molar-refractivity contribution is 0.0244. The van der Waals surface area contributed by atoms with E-state index in [0.29, 0.717) is 47.9 Å². The third-order valence-electron chi connectivity index (χ3n) is 6.37. The van der Waals surface area contributed by atoms with Crippen LogP contribution in [0.15, 0.2) is 39.3 Å². The summed E-state index contributed by atoms with van der Waals surface area (Å²) in [5.74, 6) is -2.01. The molecule has 0 unspecified atom stereocenters. The zero-order valence-corrected chi connectivity index (χ0v) is 21.4. The SMILES string of the molecule is Cc1c(Br)cc(C2(c3cc(Br)c(C)c(O)c3C)OC(=O)c3c(C(=O)O)cccc32)c(C)c1O.